The van der Waals surface area contributed by atoms with E-state index in [1.807, 2.05) is 36.5 Å². The number of aromatic nitrogens is 4. The van der Waals surface area contributed by atoms with Crippen molar-refractivity contribution in [3.05, 3.63) is 107 Å². The molecule has 8 rings (SSSR count). The van der Waals surface area contributed by atoms with Crippen molar-refractivity contribution in [1.29, 1.82) is 0 Å². The molecule has 1 saturated carbocycles. The molecule has 0 spiro atoms. The van der Waals surface area contributed by atoms with E-state index in [9.17, 15) is 9.90 Å². The van der Waals surface area contributed by atoms with E-state index in [0.29, 0.717) is 28.2 Å². The molecule has 4 heterocycles. The predicted molar refractivity (Wildman–Crippen MR) is 175 cm³/mol. The highest BCUT2D eigenvalue weighted by Crippen LogP contribution is 2.41. The summed E-state index contributed by atoms with van der Waals surface area (Å²) in [6, 6.07) is 24.6. The van der Waals surface area contributed by atoms with Crippen molar-refractivity contribution in [1.82, 2.24) is 24.4 Å². The molecule has 1 aliphatic carbocycles. The first-order valence-corrected chi connectivity index (χ1v) is 15.3. The number of piperazine rings is 1. The van der Waals surface area contributed by atoms with Crippen molar-refractivity contribution in [2.75, 3.05) is 38.1 Å². The molecule has 0 atom stereocenters. The summed E-state index contributed by atoms with van der Waals surface area (Å²) in [5.74, 6) is 0.625. The number of rotatable bonds is 6. The van der Waals surface area contributed by atoms with E-state index < -0.39 is 0 Å². The van der Waals surface area contributed by atoms with E-state index in [1.54, 1.807) is 10.9 Å². The number of likely N-dealkylation sites (N-methyl/N-ethyl adjacent to an activating group) is 1. The number of hydrogen-bond acceptors (Lipinski definition) is 6. The van der Waals surface area contributed by atoms with Gasteiger partial charge in [0.25, 0.3) is 5.56 Å². The van der Waals surface area contributed by atoms with Crippen LogP contribution in [0.4, 0.5) is 5.69 Å². The Bertz CT molecular complexity index is 2070. The average molecular weight is 583 g/mol. The highest BCUT2D eigenvalue weighted by atomic mass is 16.3. The topological polar surface area (TPSA) is 90.3 Å². The molecule has 0 unspecified atom stereocenters. The Morgan fingerprint density at radius 2 is 1.73 bits per heavy atom. The van der Waals surface area contributed by atoms with Crippen molar-refractivity contribution in [2.45, 2.75) is 25.4 Å². The van der Waals surface area contributed by atoms with Crippen LogP contribution in [0.2, 0.25) is 0 Å². The third-order valence-electron chi connectivity index (χ3n) is 9.27. The smallest absolute Gasteiger partial charge is 0.262 e. The molecule has 2 fully saturated rings. The molecular formula is C36H34N6O2. The molecule has 0 radical (unpaired) electrons. The minimum atomic E-state index is -0.243. The Morgan fingerprint density at radius 1 is 0.909 bits per heavy atom. The SMILES string of the molecule is CN1CCN(c2ccc(-c3cc4c(-c5cccc(-n6ccc7cc(C8CC8)ccc7c6=O)c5CO)ncnc4[nH]3)cc2)CC1. The molecule has 220 valence electrons. The maximum atomic E-state index is 13.7. The molecule has 1 saturated heterocycles. The second kappa shape index (κ2) is 10.7. The number of nitrogens with zero attached hydrogens (tertiary/aromatic N) is 5. The Kier molecular flexibility index (Phi) is 6.54. The Balaban J connectivity index is 1.17. The number of aromatic amines is 1. The number of fused-ring (bicyclic) bond motifs is 2. The van der Waals surface area contributed by atoms with Crippen LogP contribution in [0, 0.1) is 0 Å². The number of aliphatic hydroxyl groups is 1. The number of hydrogen-bond donors (Lipinski definition) is 2. The quantitative estimate of drug-likeness (QED) is 0.261. The Hall–Kier alpha value is -4.79. The van der Waals surface area contributed by atoms with Gasteiger partial charge in [-0.3, -0.25) is 9.36 Å². The molecular weight excluding hydrogens is 548 g/mol. The van der Waals surface area contributed by atoms with Crippen molar-refractivity contribution in [2.24, 2.45) is 0 Å². The van der Waals surface area contributed by atoms with Crippen LogP contribution in [-0.2, 0) is 6.61 Å². The normalized spacial score (nSPS) is 15.8. The van der Waals surface area contributed by atoms with Gasteiger partial charge >= 0.3 is 0 Å². The monoisotopic (exact) mass is 582 g/mol. The number of pyridine rings is 1. The first-order chi connectivity index (χ1) is 21.6. The molecule has 3 aromatic carbocycles. The second-order valence-corrected chi connectivity index (χ2v) is 12.1. The summed E-state index contributed by atoms with van der Waals surface area (Å²) in [4.78, 5) is 31.1. The van der Waals surface area contributed by atoms with Gasteiger partial charge in [-0.2, -0.15) is 0 Å². The van der Waals surface area contributed by atoms with Gasteiger partial charge in [0.1, 0.15) is 12.0 Å². The highest BCUT2D eigenvalue weighted by Gasteiger charge is 2.24. The molecule has 0 bridgehead atoms. The van der Waals surface area contributed by atoms with Crippen molar-refractivity contribution < 1.29 is 5.11 Å². The maximum Gasteiger partial charge on any atom is 0.262 e. The summed E-state index contributed by atoms with van der Waals surface area (Å²) in [5, 5.41) is 13.1. The van der Waals surface area contributed by atoms with Crippen molar-refractivity contribution in [3.63, 3.8) is 0 Å². The van der Waals surface area contributed by atoms with Crippen LogP contribution in [0.5, 0.6) is 0 Å². The van der Waals surface area contributed by atoms with Gasteiger partial charge in [0.15, 0.2) is 0 Å². The van der Waals surface area contributed by atoms with Gasteiger partial charge < -0.3 is 19.9 Å². The molecule has 3 aromatic heterocycles. The summed E-state index contributed by atoms with van der Waals surface area (Å²) in [5.41, 5.74) is 7.93. The van der Waals surface area contributed by atoms with Gasteiger partial charge in [-0.15, -0.1) is 0 Å². The van der Waals surface area contributed by atoms with Crippen molar-refractivity contribution >= 4 is 27.5 Å². The maximum absolute atomic E-state index is 13.7. The molecule has 1 aliphatic heterocycles. The number of aliphatic hydroxyl groups excluding tert-OH is 1. The number of H-pyrrole nitrogens is 1. The van der Waals surface area contributed by atoms with E-state index in [1.165, 1.54) is 24.1 Å². The third kappa shape index (κ3) is 4.67. The predicted octanol–water partition coefficient (Wildman–Crippen LogP) is 5.72. The lowest BCUT2D eigenvalue weighted by Crippen LogP contribution is -2.44. The molecule has 0 amide bonds. The molecule has 6 aromatic rings. The molecule has 44 heavy (non-hydrogen) atoms. The van der Waals surface area contributed by atoms with E-state index in [2.05, 4.69) is 74.3 Å². The lowest BCUT2D eigenvalue weighted by atomic mass is 10.00. The van der Waals surface area contributed by atoms with Crippen LogP contribution >= 0.6 is 0 Å². The molecule has 8 nitrogen and oxygen atoms in total. The minimum absolute atomic E-state index is 0.103. The first kappa shape index (κ1) is 26.8. The van der Waals surface area contributed by atoms with Crippen LogP contribution in [0.15, 0.2) is 90.1 Å². The first-order valence-electron chi connectivity index (χ1n) is 15.3. The number of anilines is 1. The van der Waals surface area contributed by atoms with Gasteiger partial charge in [-0.1, -0.05) is 36.4 Å². The summed E-state index contributed by atoms with van der Waals surface area (Å²) >= 11 is 0. The summed E-state index contributed by atoms with van der Waals surface area (Å²) in [6.07, 6.45) is 5.80. The zero-order valence-corrected chi connectivity index (χ0v) is 24.7. The summed E-state index contributed by atoms with van der Waals surface area (Å²) in [6.45, 7) is 3.95. The summed E-state index contributed by atoms with van der Waals surface area (Å²) in [7, 11) is 2.17. The van der Waals surface area contributed by atoms with Crippen LogP contribution in [0.3, 0.4) is 0 Å². The van der Waals surface area contributed by atoms with E-state index >= 15 is 0 Å². The van der Waals surface area contributed by atoms with E-state index in [4.69, 9.17) is 0 Å². The number of nitrogens with one attached hydrogen (secondary N) is 1. The van der Waals surface area contributed by atoms with Crippen LogP contribution in [0.1, 0.15) is 29.9 Å². The van der Waals surface area contributed by atoms with E-state index in [0.717, 1.165) is 59.4 Å². The lowest BCUT2D eigenvalue weighted by Gasteiger charge is -2.34. The Labute approximate surface area is 255 Å². The zero-order chi connectivity index (χ0) is 29.8. The van der Waals surface area contributed by atoms with Gasteiger partial charge in [0, 0.05) is 65.7 Å². The van der Waals surface area contributed by atoms with Gasteiger partial charge in [-0.05, 0) is 78.7 Å². The lowest BCUT2D eigenvalue weighted by molar-refractivity contribution is 0.282. The summed E-state index contributed by atoms with van der Waals surface area (Å²) < 4.78 is 1.64. The standard InChI is InChI=1S/C36H34N6O2/c1-40-15-17-41(18-16-40)27-10-7-24(8-11-27)32-20-30-34(37-22-38-35(30)39-32)29-3-2-4-33(31(29)21-43)42-14-13-26-19-25(23-5-6-23)9-12-28(26)36(42)44/h2-4,7-14,19-20,22-23,43H,5-6,15-18,21H2,1H3,(H,37,38,39). The van der Waals surface area contributed by atoms with Crippen LogP contribution in [-0.4, -0.2) is 62.8 Å². The fourth-order valence-electron chi connectivity index (χ4n) is 6.54. The second-order valence-electron chi connectivity index (χ2n) is 12.1. The highest BCUT2D eigenvalue weighted by molar-refractivity contribution is 5.95. The van der Waals surface area contributed by atoms with Gasteiger partial charge in [0.2, 0.25) is 0 Å². The largest absolute Gasteiger partial charge is 0.392 e. The van der Waals surface area contributed by atoms with Crippen LogP contribution in [0.25, 0.3) is 50.0 Å². The van der Waals surface area contributed by atoms with Gasteiger partial charge in [0.05, 0.1) is 18.0 Å². The molecule has 2 aliphatic rings. The molecule has 8 heteroatoms. The fraction of sp³-hybridized carbons (Fsp3) is 0.250. The zero-order valence-electron chi connectivity index (χ0n) is 24.7. The Morgan fingerprint density at radius 3 is 2.50 bits per heavy atom. The van der Waals surface area contributed by atoms with Crippen molar-refractivity contribution in [3.8, 4) is 28.2 Å². The third-order valence-corrected chi connectivity index (χ3v) is 9.27. The average Bonchev–Trinajstić information content (AvgIpc) is 3.82. The minimum Gasteiger partial charge on any atom is -0.392 e. The fourth-order valence-corrected chi connectivity index (χ4v) is 6.54. The van der Waals surface area contributed by atoms with Crippen LogP contribution < -0.4 is 10.5 Å². The molecule has 2 N–H and O–H groups in total. The number of benzene rings is 3. The van der Waals surface area contributed by atoms with Gasteiger partial charge in [-0.25, -0.2) is 9.97 Å². The van der Waals surface area contributed by atoms with E-state index in [-0.39, 0.29) is 12.2 Å².